The van der Waals surface area contributed by atoms with Crippen molar-refractivity contribution < 1.29 is 9.90 Å². The summed E-state index contributed by atoms with van der Waals surface area (Å²) in [6.07, 6.45) is 2.44. The summed E-state index contributed by atoms with van der Waals surface area (Å²) in [6.45, 7) is 1.80. The molecule has 0 bridgehead atoms. The average Bonchev–Trinajstić information content (AvgIpc) is 3.00. The largest absolute Gasteiger partial charge is 0.480 e. The highest BCUT2D eigenvalue weighted by atomic mass is 32.2. The molecule has 1 atom stereocenters. The molecular formula is C9H13N3O3S. The number of thioether (sulfide) groups is 1. The van der Waals surface area contributed by atoms with Gasteiger partial charge in [0.05, 0.1) is 0 Å². The molecule has 1 saturated carbocycles. The van der Waals surface area contributed by atoms with E-state index in [0.717, 1.165) is 24.6 Å². The SMILES string of the molecule is CCC(Sc1n[nH]c(=O)n1C1CC1)C(=O)O. The maximum Gasteiger partial charge on any atom is 0.344 e. The van der Waals surface area contributed by atoms with Crippen molar-refractivity contribution in [3.8, 4) is 0 Å². The Balaban J connectivity index is 2.20. The van der Waals surface area contributed by atoms with Gasteiger partial charge in [-0.2, -0.15) is 0 Å². The van der Waals surface area contributed by atoms with Crippen molar-refractivity contribution in [2.45, 2.75) is 42.6 Å². The Kier molecular flexibility index (Phi) is 3.04. The molecule has 0 saturated heterocycles. The Morgan fingerprint density at radius 1 is 1.75 bits per heavy atom. The van der Waals surface area contributed by atoms with Crippen molar-refractivity contribution in [2.75, 3.05) is 0 Å². The van der Waals surface area contributed by atoms with E-state index in [1.165, 1.54) is 0 Å². The van der Waals surface area contributed by atoms with Crippen molar-refractivity contribution in [3.63, 3.8) is 0 Å². The number of rotatable bonds is 5. The minimum atomic E-state index is -0.870. The van der Waals surface area contributed by atoms with Crippen LogP contribution in [0.25, 0.3) is 0 Å². The van der Waals surface area contributed by atoms with Crippen LogP contribution in [-0.2, 0) is 4.79 Å². The number of H-pyrrole nitrogens is 1. The number of carboxylic acids is 1. The van der Waals surface area contributed by atoms with Gasteiger partial charge in [-0.05, 0) is 19.3 Å². The van der Waals surface area contributed by atoms with Crippen LogP contribution in [0.1, 0.15) is 32.2 Å². The molecule has 1 aromatic rings. The molecule has 88 valence electrons. The first-order valence-corrected chi connectivity index (χ1v) is 6.07. The summed E-state index contributed by atoms with van der Waals surface area (Å²) in [5.74, 6) is -0.870. The van der Waals surface area contributed by atoms with E-state index in [0.29, 0.717) is 11.6 Å². The smallest absolute Gasteiger partial charge is 0.344 e. The van der Waals surface area contributed by atoms with Crippen LogP contribution >= 0.6 is 11.8 Å². The summed E-state index contributed by atoms with van der Waals surface area (Å²) in [6, 6.07) is 0.208. The quantitative estimate of drug-likeness (QED) is 0.749. The number of hydrogen-bond donors (Lipinski definition) is 2. The van der Waals surface area contributed by atoms with Gasteiger partial charge in [0.25, 0.3) is 0 Å². The lowest BCUT2D eigenvalue weighted by Gasteiger charge is -2.08. The number of nitrogens with zero attached hydrogens (tertiary/aromatic N) is 2. The maximum absolute atomic E-state index is 11.4. The number of carbonyl (C=O) groups is 1. The van der Waals surface area contributed by atoms with Crippen molar-refractivity contribution >= 4 is 17.7 Å². The van der Waals surface area contributed by atoms with Crippen LogP contribution in [0.5, 0.6) is 0 Å². The van der Waals surface area contributed by atoms with E-state index in [-0.39, 0.29) is 11.7 Å². The highest BCUT2D eigenvalue weighted by Crippen LogP contribution is 2.37. The van der Waals surface area contributed by atoms with Gasteiger partial charge in [0.2, 0.25) is 0 Å². The molecule has 7 heteroatoms. The van der Waals surface area contributed by atoms with E-state index < -0.39 is 11.2 Å². The summed E-state index contributed by atoms with van der Waals surface area (Å²) in [4.78, 5) is 22.3. The van der Waals surface area contributed by atoms with Gasteiger partial charge >= 0.3 is 11.7 Å². The second kappa shape index (κ2) is 4.32. The van der Waals surface area contributed by atoms with Crippen LogP contribution in [0.15, 0.2) is 9.95 Å². The summed E-state index contributed by atoms with van der Waals surface area (Å²) >= 11 is 1.13. The van der Waals surface area contributed by atoms with E-state index in [9.17, 15) is 9.59 Å². The standard InChI is InChI=1S/C9H13N3O3S/c1-2-6(7(13)14)16-9-11-10-8(15)12(9)5-3-4-5/h5-6H,2-4H2,1H3,(H,10,15)(H,13,14). The fourth-order valence-corrected chi connectivity index (χ4v) is 2.43. The lowest BCUT2D eigenvalue weighted by molar-refractivity contribution is -0.136. The molecule has 0 aromatic carbocycles. The molecular weight excluding hydrogens is 230 g/mol. The molecule has 1 aliphatic carbocycles. The molecule has 0 amide bonds. The lowest BCUT2D eigenvalue weighted by Crippen LogP contribution is -2.19. The number of aromatic amines is 1. The van der Waals surface area contributed by atoms with Crippen LogP contribution in [0, 0.1) is 0 Å². The molecule has 0 spiro atoms. The van der Waals surface area contributed by atoms with Crippen LogP contribution in [0.2, 0.25) is 0 Å². The zero-order chi connectivity index (χ0) is 11.7. The minimum Gasteiger partial charge on any atom is -0.480 e. The van der Waals surface area contributed by atoms with Gasteiger partial charge < -0.3 is 5.11 Å². The predicted molar refractivity (Wildman–Crippen MR) is 58.7 cm³/mol. The molecule has 1 unspecified atom stereocenters. The fraction of sp³-hybridized carbons (Fsp3) is 0.667. The van der Waals surface area contributed by atoms with Gasteiger partial charge in [-0.3, -0.25) is 9.36 Å². The Morgan fingerprint density at radius 3 is 2.94 bits per heavy atom. The fourth-order valence-electron chi connectivity index (χ4n) is 1.46. The first-order chi connectivity index (χ1) is 7.63. The number of aliphatic carboxylic acids is 1. The first-order valence-electron chi connectivity index (χ1n) is 5.19. The number of hydrogen-bond acceptors (Lipinski definition) is 4. The van der Waals surface area contributed by atoms with Gasteiger partial charge in [0, 0.05) is 6.04 Å². The number of nitrogens with one attached hydrogen (secondary N) is 1. The normalized spacial score (nSPS) is 17.3. The van der Waals surface area contributed by atoms with Crippen molar-refractivity contribution in [1.82, 2.24) is 14.8 Å². The van der Waals surface area contributed by atoms with Crippen LogP contribution < -0.4 is 5.69 Å². The Bertz CT molecular complexity index is 449. The molecule has 6 nitrogen and oxygen atoms in total. The van der Waals surface area contributed by atoms with Crippen LogP contribution in [-0.4, -0.2) is 31.1 Å². The first kappa shape index (κ1) is 11.3. The molecule has 1 fully saturated rings. The second-order valence-electron chi connectivity index (χ2n) is 3.77. The molecule has 2 rings (SSSR count). The highest BCUT2D eigenvalue weighted by molar-refractivity contribution is 8.00. The maximum atomic E-state index is 11.4. The van der Waals surface area contributed by atoms with Crippen LogP contribution in [0.3, 0.4) is 0 Å². The molecule has 1 aliphatic rings. The molecule has 1 aromatic heterocycles. The Hall–Kier alpha value is -1.24. The summed E-state index contributed by atoms with van der Waals surface area (Å²) < 4.78 is 1.57. The van der Waals surface area contributed by atoms with E-state index in [4.69, 9.17) is 5.11 Å². The predicted octanol–water partition coefficient (Wildman–Crippen LogP) is 0.862. The van der Waals surface area contributed by atoms with Gasteiger partial charge in [0.15, 0.2) is 5.16 Å². The Labute approximate surface area is 96.0 Å². The molecule has 16 heavy (non-hydrogen) atoms. The third kappa shape index (κ3) is 2.13. The molecule has 1 heterocycles. The third-order valence-electron chi connectivity index (χ3n) is 2.48. The van der Waals surface area contributed by atoms with Crippen molar-refractivity contribution in [1.29, 1.82) is 0 Å². The monoisotopic (exact) mass is 243 g/mol. The van der Waals surface area contributed by atoms with E-state index in [1.807, 2.05) is 0 Å². The third-order valence-corrected chi connectivity index (χ3v) is 3.80. The van der Waals surface area contributed by atoms with Crippen molar-refractivity contribution in [3.05, 3.63) is 10.5 Å². The van der Waals surface area contributed by atoms with Gasteiger partial charge in [-0.25, -0.2) is 9.89 Å². The second-order valence-corrected chi connectivity index (χ2v) is 4.94. The average molecular weight is 243 g/mol. The van der Waals surface area contributed by atoms with Crippen molar-refractivity contribution in [2.24, 2.45) is 0 Å². The van der Waals surface area contributed by atoms with Crippen LogP contribution in [0.4, 0.5) is 0 Å². The molecule has 0 radical (unpaired) electrons. The lowest BCUT2D eigenvalue weighted by atomic mass is 10.3. The Morgan fingerprint density at radius 2 is 2.44 bits per heavy atom. The highest BCUT2D eigenvalue weighted by Gasteiger charge is 2.30. The topological polar surface area (TPSA) is 88.0 Å². The molecule has 2 N–H and O–H groups in total. The van der Waals surface area contributed by atoms with Gasteiger partial charge in [-0.1, -0.05) is 18.7 Å². The summed E-state index contributed by atoms with van der Waals surface area (Å²) in [5, 5.41) is 15.1. The number of carboxylic acid groups (broad SMARTS) is 1. The zero-order valence-corrected chi connectivity index (χ0v) is 9.66. The van der Waals surface area contributed by atoms with Gasteiger partial charge in [-0.15, -0.1) is 5.10 Å². The summed E-state index contributed by atoms with van der Waals surface area (Å²) in [5.41, 5.74) is -0.245. The zero-order valence-electron chi connectivity index (χ0n) is 8.84. The number of aromatic nitrogens is 3. The van der Waals surface area contributed by atoms with E-state index in [1.54, 1.807) is 11.5 Å². The van der Waals surface area contributed by atoms with Gasteiger partial charge in [0.1, 0.15) is 5.25 Å². The molecule has 0 aliphatic heterocycles. The van der Waals surface area contributed by atoms with E-state index in [2.05, 4.69) is 10.2 Å². The summed E-state index contributed by atoms with van der Waals surface area (Å²) in [7, 11) is 0. The van der Waals surface area contributed by atoms with E-state index >= 15 is 0 Å². The minimum absolute atomic E-state index is 0.208.